The van der Waals surface area contributed by atoms with Gasteiger partial charge in [0, 0.05) is 24.3 Å². The minimum atomic E-state index is -0.400. The van der Waals surface area contributed by atoms with Crippen molar-refractivity contribution >= 4 is 47.2 Å². The Kier molecular flexibility index (Phi) is 7.04. The van der Waals surface area contributed by atoms with Gasteiger partial charge in [0.15, 0.2) is 5.96 Å². The van der Waals surface area contributed by atoms with Crippen LogP contribution in [-0.4, -0.2) is 19.1 Å². The van der Waals surface area contributed by atoms with E-state index in [-0.39, 0.29) is 41.0 Å². The largest absolute Gasteiger partial charge is 0.380 e. The summed E-state index contributed by atoms with van der Waals surface area (Å²) in [6.07, 6.45) is 0.850. The van der Waals surface area contributed by atoms with Crippen LogP contribution in [0, 0.1) is 5.82 Å². The van der Waals surface area contributed by atoms with Crippen LogP contribution in [0.2, 0.25) is 5.02 Å². The predicted molar refractivity (Wildman–Crippen MR) is 110 cm³/mol. The molecule has 1 fully saturated rings. The van der Waals surface area contributed by atoms with Crippen LogP contribution in [0.4, 0.5) is 10.1 Å². The molecule has 0 aliphatic heterocycles. The number of para-hydroxylation sites is 1. The fraction of sp³-hybridized carbons (Fsp3) is 0.278. The summed E-state index contributed by atoms with van der Waals surface area (Å²) in [5, 5.41) is 3.25. The van der Waals surface area contributed by atoms with E-state index < -0.39 is 5.82 Å². The van der Waals surface area contributed by atoms with E-state index in [0.29, 0.717) is 12.6 Å². The lowest BCUT2D eigenvalue weighted by atomic mass is 10.1. The second-order valence-corrected chi connectivity index (χ2v) is 6.22. The van der Waals surface area contributed by atoms with Crippen molar-refractivity contribution in [3.63, 3.8) is 0 Å². The third-order valence-electron chi connectivity index (χ3n) is 4.01. The van der Waals surface area contributed by atoms with Gasteiger partial charge in [-0.3, -0.25) is 0 Å². The number of rotatable bonds is 5. The summed E-state index contributed by atoms with van der Waals surface area (Å²) < 4.78 is 18.7. The molecular weight excluding hydrogens is 456 g/mol. The molecule has 134 valence electrons. The van der Waals surface area contributed by atoms with Crippen molar-refractivity contribution in [3.8, 4) is 0 Å². The maximum Gasteiger partial charge on any atom is 0.193 e. The molecule has 0 spiro atoms. The molecule has 3 rings (SSSR count). The highest BCUT2D eigenvalue weighted by molar-refractivity contribution is 14.0. The van der Waals surface area contributed by atoms with Gasteiger partial charge in [-0.25, -0.2) is 9.38 Å². The molecule has 0 unspecified atom stereocenters. The van der Waals surface area contributed by atoms with Crippen molar-refractivity contribution in [2.24, 2.45) is 10.7 Å². The Labute approximate surface area is 168 Å². The number of aliphatic imine (C=N–C) groups is 1. The summed E-state index contributed by atoms with van der Waals surface area (Å²) in [5.74, 6) is 0.134. The minimum absolute atomic E-state index is 0. The van der Waals surface area contributed by atoms with Crippen molar-refractivity contribution in [1.82, 2.24) is 0 Å². The zero-order valence-corrected chi connectivity index (χ0v) is 16.8. The summed E-state index contributed by atoms with van der Waals surface area (Å²) in [6, 6.07) is 12.7. The van der Waals surface area contributed by atoms with Crippen molar-refractivity contribution in [2.45, 2.75) is 25.0 Å². The highest BCUT2D eigenvalue weighted by atomic mass is 127. The Hall–Kier alpha value is -1.38. The first kappa shape index (κ1) is 19.9. The number of benzene rings is 2. The Morgan fingerprint density at radius 1 is 1.36 bits per heavy atom. The van der Waals surface area contributed by atoms with E-state index in [1.54, 1.807) is 13.2 Å². The molecule has 1 aliphatic carbocycles. The van der Waals surface area contributed by atoms with Crippen LogP contribution in [-0.2, 0) is 11.3 Å². The molecule has 7 heteroatoms. The molecule has 1 aliphatic rings. The lowest BCUT2D eigenvalue weighted by Gasteiger charge is -2.10. The fourth-order valence-electron chi connectivity index (χ4n) is 2.70. The molecule has 3 N–H and O–H groups in total. The third kappa shape index (κ3) is 5.05. The van der Waals surface area contributed by atoms with Crippen LogP contribution in [0.3, 0.4) is 0 Å². The molecule has 0 radical (unpaired) electrons. The van der Waals surface area contributed by atoms with Gasteiger partial charge in [0.25, 0.3) is 0 Å². The van der Waals surface area contributed by atoms with Crippen molar-refractivity contribution < 1.29 is 9.13 Å². The molecule has 2 aromatic carbocycles. The van der Waals surface area contributed by atoms with Gasteiger partial charge >= 0.3 is 0 Å². The van der Waals surface area contributed by atoms with Gasteiger partial charge in [-0.1, -0.05) is 35.9 Å². The van der Waals surface area contributed by atoms with E-state index in [1.807, 2.05) is 30.3 Å². The number of anilines is 1. The first-order valence-electron chi connectivity index (χ1n) is 7.70. The third-order valence-corrected chi connectivity index (χ3v) is 4.32. The van der Waals surface area contributed by atoms with Gasteiger partial charge in [-0.2, -0.15) is 0 Å². The van der Waals surface area contributed by atoms with Gasteiger partial charge < -0.3 is 15.8 Å². The zero-order chi connectivity index (χ0) is 17.1. The van der Waals surface area contributed by atoms with Crippen molar-refractivity contribution in [1.29, 1.82) is 0 Å². The first-order chi connectivity index (χ1) is 11.6. The predicted octanol–water partition coefficient (Wildman–Crippen LogP) is 4.53. The Morgan fingerprint density at radius 3 is 2.84 bits per heavy atom. The minimum Gasteiger partial charge on any atom is -0.380 e. The summed E-state index contributed by atoms with van der Waals surface area (Å²) >= 11 is 5.71. The highest BCUT2D eigenvalue weighted by Crippen LogP contribution is 2.44. The summed E-state index contributed by atoms with van der Waals surface area (Å²) in [7, 11) is 1.65. The van der Waals surface area contributed by atoms with Crippen LogP contribution in [0.1, 0.15) is 23.5 Å². The average molecular weight is 476 g/mol. The Bertz CT molecular complexity index is 772. The van der Waals surface area contributed by atoms with Gasteiger partial charge in [-0.05, 0) is 30.2 Å². The van der Waals surface area contributed by atoms with Gasteiger partial charge in [-0.15, -0.1) is 24.0 Å². The Balaban J connectivity index is 0.00000225. The number of nitrogens with two attached hydrogens (primary N) is 1. The van der Waals surface area contributed by atoms with E-state index >= 15 is 0 Å². The first-order valence-corrected chi connectivity index (χ1v) is 8.08. The number of nitrogens with zero attached hydrogens (tertiary/aromatic N) is 1. The van der Waals surface area contributed by atoms with Gasteiger partial charge in [0.1, 0.15) is 5.82 Å². The van der Waals surface area contributed by atoms with Gasteiger partial charge in [0.05, 0.1) is 17.7 Å². The highest BCUT2D eigenvalue weighted by Gasteiger charge is 2.38. The number of halogens is 3. The second kappa shape index (κ2) is 8.82. The molecule has 2 aromatic rings. The maximum atomic E-state index is 13.5. The van der Waals surface area contributed by atoms with Crippen LogP contribution in [0.15, 0.2) is 47.5 Å². The van der Waals surface area contributed by atoms with Crippen LogP contribution in [0.5, 0.6) is 0 Å². The van der Waals surface area contributed by atoms with Crippen LogP contribution in [0.25, 0.3) is 0 Å². The number of hydrogen-bond donors (Lipinski definition) is 2. The number of nitrogens with one attached hydrogen (secondary N) is 1. The molecule has 4 nitrogen and oxygen atoms in total. The lowest BCUT2D eigenvalue weighted by Crippen LogP contribution is -2.24. The van der Waals surface area contributed by atoms with Gasteiger partial charge in [0.2, 0.25) is 0 Å². The van der Waals surface area contributed by atoms with Crippen molar-refractivity contribution in [3.05, 3.63) is 64.4 Å². The molecule has 0 saturated heterocycles. The molecule has 0 bridgehead atoms. The van der Waals surface area contributed by atoms with E-state index in [4.69, 9.17) is 22.1 Å². The summed E-state index contributed by atoms with van der Waals surface area (Å²) in [4.78, 5) is 4.48. The lowest BCUT2D eigenvalue weighted by molar-refractivity contribution is 0.185. The topological polar surface area (TPSA) is 59.6 Å². The second-order valence-electron chi connectivity index (χ2n) is 5.81. The number of ether oxygens (including phenoxy) is 1. The monoisotopic (exact) mass is 475 g/mol. The fourth-order valence-corrected chi connectivity index (χ4v) is 2.82. The molecule has 0 heterocycles. The number of guanidine groups is 1. The average Bonchev–Trinajstić information content (AvgIpc) is 3.31. The molecule has 25 heavy (non-hydrogen) atoms. The molecule has 1 saturated carbocycles. The standard InChI is InChI=1S/C18H19ClFN3O.HI/c1-24-10-12-4-2-3-5-16(12)22-18(21)23-17-9-13(17)11-6-7-14(19)15(20)8-11;/h2-8,13,17H,9-10H2,1H3,(H3,21,22,23);1H/t13-,17+;/m0./s1. The number of methoxy groups -OCH3 is 1. The quantitative estimate of drug-likeness (QED) is 0.380. The normalized spacial score (nSPS) is 19.2. The molecular formula is C18H20ClFIN3O. The summed E-state index contributed by atoms with van der Waals surface area (Å²) in [6.45, 7) is 0.493. The molecule has 0 aromatic heterocycles. The van der Waals surface area contributed by atoms with E-state index in [9.17, 15) is 4.39 Å². The molecule has 2 atom stereocenters. The van der Waals surface area contributed by atoms with Crippen LogP contribution >= 0.6 is 35.6 Å². The Morgan fingerprint density at radius 2 is 2.12 bits per heavy atom. The van der Waals surface area contributed by atoms with Crippen molar-refractivity contribution in [2.75, 3.05) is 12.4 Å². The van der Waals surface area contributed by atoms with E-state index in [2.05, 4.69) is 10.3 Å². The maximum absolute atomic E-state index is 13.5. The summed E-state index contributed by atoms with van der Waals surface area (Å²) in [5.41, 5.74) is 8.79. The SMILES string of the molecule is COCc1ccccc1NC(N)=N[C@@H]1C[C@H]1c1ccc(Cl)c(F)c1.I. The smallest absolute Gasteiger partial charge is 0.193 e. The number of hydrogen-bond acceptors (Lipinski definition) is 2. The van der Waals surface area contributed by atoms with E-state index in [0.717, 1.165) is 23.2 Å². The zero-order valence-electron chi connectivity index (χ0n) is 13.7. The molecule has 0 amide bonds. The van der Waals surface area contributed by atoms with E-state index in [1.165, 1.54) is 6.07 Å². The van der Waals surface area contributed by atoms with Crippen LogP contribution < -0.4 is 11.1 Å².